The Hall–Kier alpha value is -3.53. The Balaban J connectivity index is 1.87. The molecule has 1 aromatic carbocycles. The predicted octanol–water partition coefficient (Wildman–Crippen LogP) is 3.90. The Morgan fingerprint density at radius 2 is 2.13 bits per heavy atom. The lowest BCUT2D eigenvalue weighted by Crippen LogP contribution is -2.30. The van der Waals surface area contributed by atoms with Crippen molar-refractivity contribution in [1.82, 2.24) is 4.98 Å². The van der Waals surface area contributed by atoms with Crippen LogP contribution < -0.4 is 20.1 Å². The first-order chi connectivity index (χ1) is 14.9. The average molecular weight is 418 g/mol. The lowest BCUT2D eigenvalue weighted by molar-refractivity contribution is -0.114. The molecule has 1 aliphatic carbocycles. The molecule has 1 fully saturated rings. The van der Waals surface area contributed by atoms with Crippen LogP contribution in [0.2, 0.25) is 0 Å². The number of hydrogen-bond acceptors (Lipinski definition) is 6. The molecule has 2 aromatic rings. The molecule has 31 heavy (non-hydrogen) atoms. The van der Waals surface area contributed by atoms with Crippen LogP contribution >= 0.6 is 0 Å². The Labute approximate surface area is 182 Å². The minimum Gasteiger partial charge on any atom is -0.495 e. The number of nitrogens with zero attached hydrogens (tertiary/aromatic N) is 3. The zero-order chi connectivity index (χ0) is 22.1. The highest BCUT2D eigenvalue weighted by Crippen LogP contribution is 2.46. The smallest absolute Gasteiger partial charge is 0.246 e. The molecule has 2 aliphatic rings. The molecule has 7 nitrogen and oxygen atoms in total. The molecule has 1 aliphatic heterocycles. The van der Waals surface area contributed by atoms with Gasteiger partial charge in [0.05, 0.1) is 36.7 Å². The van der Waals surface area contributed by atoms with E-state index in [2.05, 4.69) is 11.1 Å². The number of nitriles is 1. The zero-order valence-electron chi connectivity index (χ0n) is 18.1. The van der Waals surface area contributed by atoms with Crippen molar-refractivity contribution in [1.29, 1.82) is 5.26 Å². The third kappa shape index (κ3) is 3.70. The summed E-state index contributed by atoms with van der Waals surface area (Å²) >= 11 is 0. The number of allylic oxidation sites excluding steroid dienone is 1. The monoisotopic (exact) mass is 418 g/mol. The van der Waals surface area contributed by atoms with E-state index in [0.717, 1.165) is 28.2 Å². The highest BCUT2D eigenvalue weighted by molar-refractivity contribution is 5.97. The third-order valence-electron chi connectivity index (χ3n) is 6.17. The number of primary amides is 1. The van der Waals surface area contributed by atoms with E-state index >= 15 is 0 Å². The van der Waals surface area contributed by atoms with Crippen LogP contribution in [0.1, 0.15) is 42.9 Å². The number of aryl methyl sites for hydroxylation is 1. The van der Waals surface area contributed by atoms with E-state index in [1.54, 1.807) is 25.4 Å². The number of carbonyl (C=O) groups excluding carboxylic acids is 1. The Morgan fingerprint density at radius 3 is 2.74 bits per heavy atom. The fourth-order valence-electron chi connectivity index (χ4n) is 4.19. The van der Waals surface area contributed by atoms with Crippen LogP contribution in [0.25, 0.3) is 0 Å². The van der Waals surface area contributed by atoms with E-state index in [-0.39, 0.29) is 0 Å². The van der Waals surface area contributed by atoms with E-state index < -0.39 is 5.91 Å². The number of amides is 1. The van der Waals surface area contributed by atoms with Crippen molar-refractivity contribution < 1.29 is 14.3 Å². The normalized spacial score (nSPS) is 15.7. The van der Waals surface area contributed by atoms with Gasteiger partial charge < -0.3 is 20.1 Å². The second-order valence-electron chi connectivity index (χ2n) is 8.12. The lowest BCUT2D eigenvalue weighted by atomic mass is 9.86. The number of anilines is 2. The molecule has 0 saturated heterocycles. The quantitative estimate of drug-likeness (QED) is 0.763. The number of aromatic nitrogens is 1. The van der Waals surface area contributed by atoms with Gasteiger partial charge in [-0.15, -0.1) is 0 Å². The summed E-state index contributed by atoms with van der Waals surface area (Å²) in [7, 11) is 1.56. The van der Waals surface area contributed by atoms with Gasteiger partial charge >= 0.3 is 0 Å². The summed E-state index contributed by atoms with van der Waals surface area (Å²) in [5.74, 6) is 1.15. The van der Waals surface area contributed by atoms with Crippen molar-refractivity contribution in [3.8, 4) is 17.7 Å². The van der Waals surface area contributed by atoms with Gasteiger partial charge in [-0.25, -0.2) is 4.98 Å². The van der Waals surface area contributed by atoms with Gasteiger partial charge in [0.1, 0.15) is 5.75 Å². The summed E-state index contributed by atoms with van der Waals surface area (Å²) in [5, 5.41) is 9.28. The summed E-state index contributed by atoms with van der Waals surface area (Å²) in [4.78, 5) is 18.8. The second-order valence-corrected chi connectivity index (χ2v) is 8.12. The standard InChI is InChI=1S/C24H26N4O3/c1-14-12-27-24(31-13-16-5-4-6-16)19-10-18(23(26)29)15(2)28(22(14)19)20-8-7-17(11-25)9-21(20)30-3/h7-9,12,16H,4-6,10,13H2,1-3H3,(H2,26,29). The van der Waals surface area contributed by atoms with Crippen LogP contribution in [0.5, 0.6) is 11.6 Å². The number of rotatable bonds is 6. The summed E-state index contributed by atoms with van der Waals surface area (Å²) < 4.78 is 11.7. The first kappa shape index (κ1) is 20.7. The van der Waals surface area contributed by atoms with Crippen molar-refractivity contribution >= 4 is 17.3 Å². The van der Waals surface area contributed by atoms with Crippen molar-refractivity contribution in [3.63, 3.8) is 0 Å². The lowest BCUT2D eigenvalue weighted by Gasteiger charge is -2.36. The molecule has 1 aromatic heterocycles. The number of methoxy groups -OCH3 is 1. The van der Waals surface area contributed by atoms with E-state index in [1.165, 1.54) is 19.3 Å². The van der Waals surface area contributed by atoms with Gasteiger partial charge in [-0.1, -0.05) is 6.42 Å². The predicted molar refractivity (Wildman–Crippen MR) is 117 cm³/mol. The van der Waals surface area contributed by atoms with Gasteiger partial charge in [-0.3, -0.25) is 4.79 Å². The van der Waals surface area contributed by atoms with E-state index in [9.17, 15) is 10.1 Å². The Kier molecular flexibility index (Phi) is 5.55. The summed E-state index contributed by atoms with van der Waals surface area (Å²) in [5.41, 5.74) is 10.9. The van der Waals surface area contributed by atoms with E-state index in [0.29, 0.717) is 41.7 Å². The number of pyridine rings is 1. The van der Waals surface area contributed by atoms with Crippen molar-refractivity contribution in [2.45, 2.75) is 39.5 Å². The number of ether oxygens (including phenoxy) is 2. The number of benzene rings is 1. The fourth-order valence-corrected chi connectivity index (χ4v) is 4.19. The van der Waals surface area contributed by atoms with Crippen LogP contribution in [0.15, 0.2) is 35.7 Å². The van der Waals surface area contributed by atoms with Crippen LogP contribution in [0, 0.1) is 24.2 Å². The topological polar surface area (TPSA) is 101 Å². The summed E-state index contributed by atoms with van der Waals surface area (Å²) in [6.45, 7) is 4.47. The molecule has 160 valence electrons. The van der Waals surface area contributed by atoms with Gasteiger partial charge in [-0.2, -0.15) is 5.26 Å². The Morgan fingerprint density at radius 1 is 1.35 bits per heavy atom. The summed E-state index contributed by atoms with van der Waals surface area (Å²) in [6, 6.07) is 7.37. The van der Waals surface area contributed by atoms with Crippen molar-refractivity contribution in [2.75, 3.05) is 18.6 Å². The molecule has 4 rings (SSSR count). The zero-order valence-corrected chi connectivity index (χ0v) is 18.1. The molecule has 2 heterocycles. The first-order valence-corrected chi connectivity index (χ1v) is 10.4. The highest BCUT2D eigenvalue weighted by Gasteiger charge is 2.32. The van der Waals surface area contributed by atoms with Crippen molar-refractivity contribution in [2.24, 2.45) is 11.7 Å². The molecule has 1 amide bonds. The summed E-state index contributed by atoms with van der Waals surface area (Å²) in [6.07, 6.45) is 5.75. The van der Waals surface area contributed by atoms with Gasteiger partial charge in [0.25, 0.3) is 0 Å². The fraction of sp³-hybridized carbons (Fsp3) is 0.375. The van der Waals surface area contributed by atoms with Gasteiger partial charge in [0.15, 0.2) is 0 Å². The van der Waals surface area contributed by atoms with E-state index in [1.807, 2.05) is 24.8 Å². The molecule has 7 heteroatoms. The maximum atomic E-state index is 12.3. The molecule has 0 radical (unpaired) electrons. The molecular weight excluding hydrogens is 392 g/mol. The van der Waals surface area contributed by atoms with Gasteiger partial charge in [-0.05, 0) is 50.3 Å². The highest BCUT2D eigenvalue weighted by atomic mass is 16.5. The molecular formula is C24H26N4O3. The molecule has 0 atom stereocenters. The number of fused-ring (bicyclic) bond motifs is 1. The van der Waals surface area contributed by atoms with E-state index in [4.69, 9.17) is 15.2 Å². The molecule has 0 bridgehead atoms. The largest absolute Gasteiger partial charge is 0.495 e. The van der Waals surface area contributed by atoms with Crippen LogP contribution in [-0.2, 0) is 11.2 Å². The van der Waals surface area contributed by atoms with Gasteiger partial charge in [0.2, 0.25) is 11.8 Å². The molecule has 0 spiro atoms. The average Bonchev–Trinajstić information content (AvgIpc) is 2.73. The SMILES string of the molecule is COc1cc(C#N)ccc1N1C(C)=C(C(N)=O)Cc2c(OCC3CCC3)ncc(C)c21. The van der Waals surface area contributed by atoms with Crippen LogP contribution in [0.3, 0.4) is 0 Å². The van der Waals surface area contributed by atoms with Crippen LogP contribution in [0.4, 0.5) is 11.4 Å². The molecule has 0 unspecified atom stereocenters. The molecule has 1 saturated carbocycles. The maximum absolute atomic E-state index is 12.3. The molecule has 2 N–H and O–H groups in total. The number of nitrogens with two attached hydrogens (primary N) is 1. The minimum absolute atomic E-state index is 0.361. The number of hydrogen-bond donors (Lipinski definition) is 1. The van der Waals surface area contributed by atoms with Gasteiger partial charge in [0, 0.05) is 35.5 Å². The second kappa shape index (κ2) is 8.31. The van der Waals surface area contributed by atoms with Crippen molar-refractivity contribution in [3.05, 3.63) is 52.4 Å². The number of carbonyl (C=O) groups is 1. The third-order valence-corrected chi connectivity index (χ3v) is 6.17. The van der Waals surface area contributed by atoms with Crippen LogP contribution in [-0.4, -0.2) is 24.6 Å². The first-order valence-electron chi connectivity index (χ1n) is 10.4. The minimum atomic E-state index is -0.479. The Bertz CT molecular complexity index is 1110. The maximum Gasteiger partial charge on any atom is 0.246 e.